The number of unbranched alkanes of at least 4 members (excludes halogenated alkanes) is 5. The fraction of sp³-hybridized carbons (Fsp3) is 0.600. The summed E-state index contributed by atoms with van der Waals surface area (Å²) in [5, 5.41) is 8.42. The molecule has 0 bridgehead atoms. The van der Waals surface area contributed by atoms with Crippen molar-refractivity contribution >= 4 is 0 Å². The molecule has 0 radical (unpaired) electrons. The lowest BCUT2D eigenvalue weighted by Crippen LogP contribution is -1.82. The molecule has 16 heavy (non-hydrogen) atoms. The summed E-state index contributed by atoms with van der Waals surface area (Å²) < 4.78 is 0. The van der Waals surface area contributed by atoms with E-state index in [2.05, 4.69) is 26.0 Å². The molecule has 0 saturated carbocycles. The molecular formula is C15H26O. The first-order valence-corrected chi connectivity index (χ1v) is 6.43. The van der Waals surface area contributed by atoms with Gasteiger partial charge in [0.2, 0.25) is 0 Å². The lowest BCUT2D eigenvalue weighted by atomic mass is 10.1. The first-order chi connectivity index (χ1) is 7.81. The summed E-state index contributed by atoms with van der Waals surface area (Å²) in [6.07, 6.45) is 7.50. The first kappa shape index (κ1) is 15.2. The Morgan fingerprint density at radius 2 is 1.44 bits per heavy atom. The average molecular weight is 222 g/mol. The van der Waals surface area contributed by atoms with Gasteiger partial charge in [-0.1, -0.05) is 74.9 Å². The summed E-state index contributed by atoms with van der Waals surface area (Å²) in [7, 11) is 0. The van der Waals surface area contributed by atoms with Gasteiger partial charge in [0.25, 0.3) is 0 Å². The third kappa shape index (κ3) is 11.3. The standard InChI is InChI=1S/C8H18O.C7H8/c1-2-3-4-5-6-7-8-9;1-7-5-3-2-4-6-7/h9H,2-8H2,1H3;2-6H,1H3. The predicted octanol–water partition coefficient (Wildman–Crippen LogP) is 4.33. The van der Waals surface area contributed by atoms with Gasteiger partial charge in [-0.15, -0.1) is 0 Å². The van der Waals surface area contributed by atoms with E-state index in [1.54, 1.807) is 0 Å². The fourth-order valence-corrected chi connectivity index (χ4v) is 1.43. The summed E-state index contributed by atoms with van der Waals surface area (Å²) in [4.78, 5) is 0. The van der Waals surface area contributed by atoms with Gasteiger partial charge >= 0.3 is 0 Å². The van der Waals surface area contributed by atoms with Crippen molar-refractivity contribution in [1.29, 1.82) is 0 Å². The Balaban J connectivity index is 0.000000288. The van der Waals surface area contributed by atoms with E-state index >= 15 is 0 Å². The van der Waals surface area contributed by atoms with Crippen LogP contribution >= 0.6 is 0 Å². The van der Waals surface area contributed by atoms with Crippen LogP contribution in [-0.4, -0.2) is 11.7 Å². The molecule has 0 spiro atoms. The number of aryl methyl sites for hydroxylation is 1. The van der Waals surface area contributed by atoms with Crippen LogP contribution in [0.2, 0.25) is 0 Å². The maximum Gasteiger partial charge on any atom is 0.0431 e. The summed E-state index contributed by atoms with van der Waals surface area (Å²) >= 11 is 0. The van der Waals surface area contributed by atoms with Gasteiger partial charge in [-0.25, -0.2) is 0 Å². The minimum Gasteiger partial charge on any atom is -0.396 e. The Labute approximate surface area is 101 Å². The van der Waals surface area contributed by atoms with E-state index in [9.17, 15) is 0 Å². The molecule has 0 aliphatic carbocycles. The van der Waals surface area contributed by atoms with Crippen molar-refractivity contribution in [3.05, 3.63) is 35.9 Å². The molecule has 0 atom stereocenters. The van der Waals surface area contributed by atoms with Gasteiger partial charge in [-0.3, -0.25) is 0 Å². The van der Waals surface area contributed by atoms with Gasteiger partial charge in [0.05, 0.1) is 0 Å². The van der Waals surface area contributed by atoms with E-state index in [1.165, 1.54) is 37.7 Å². The number of aliphatic hydroxyl groups is 1. The minimum atomic E-state index is 0.367. The zero-order valence-corrected chi connectivity index (χ0v) is 10.8. The minimum absolute atomic E-state index is 0.367. The molecule has 0 aliphatic heterocycles. The van der Waals surface area contributed by atoms with E-state index in [1.807, 2.05) is 18.2 Å². The third-order valence-corrected chi connectivity index (χ3v) is 2.45. The number of aliphatic hydroxyl groups excluding tert-OH is 1. The van der Waals surface area contributed by atoms with Crippen LogP contribution in [0, 0.1) is 6.92 Å². The lowest BCUT2D eigenvalue weighted by Gasteiger charge is -1.95. The molecule has 1 nitrogen and oxygen atoms in total. The molecule has 1 rings (SSSR count). The van der Waals surface area contributed by atoms with Crippen LogP contribution in [0.1, 0.15) is 51.0 Å². The first-order valence-electron chi connectivity index (χ1n) is 6.43. The summed E-state index contributed by atoms with van der Waals surface area (Å²) in [6.45, 7) is 4.66. The zero-order chi connectivity index (χ0) is 12.1. The highest BCUT2D eigenvalue weighted by atomic mass is 16.2. The van der Waals surface area contributed by atoms with Crippen LogP contribution in [0.15, 0.2) is 30.3 Å². The fourth-order valence-electron chi connectivity index (χ4n) is 1.43. The van der Waals surface area contributed by atoms with E-state index in [0.717, 1.165) is 6.42 Å². The second-order valence-corrected chi connectivity index (χ2v) is 4.15. The highest BCUT2D eigenvalue weighted by molar-refractivity contribution is 5.11. The maximum absolute atomic E-state index is 8.42. The van der Waals surface area contributed by atoms with Crippen LogP contribution in [-0.2, 0) is 0 Å². The molecule has 0 heterocycles. The van der Waals surface area contributed by atoms with Gasteiger partial charge in [-0.2, -0.15) is 0 Å². The van der Waals surface area contributed by atoms with Crippen LogP contribution < -0.4 is 0 Å². The van der Waals surface area contributed by atoms with Crippen molar-refractivity contribution in [1.82, 2.24) is 0 Å². The molecule has 1 aromatic rings. The second-order valence-electron chi connectivity index (χ2n) is 4.15. The summed E-state index contributed by atoms with van der Waals surface area (Å²) in [5.74, 6) is 0. The largest absolute Gasteiger partial charge is 0.396 e. The van der Waals surface area contributed by atoms with Gasteiger partial charge in [0.1, 0.15) is 0 Å². The van der Waals surface area contributed by atoms with Crippen molar-refractivity contribution in [2.24, 2.45) is 0 Å². The number of hydrogen-bond acceptors (Lipinski definition) is 1. The number of rotatable bonds is 6. The Morgan fingerprint density at radius 1 is 0.875 bits per heavy atom. The lowest BCUT2D eigenvalue weighted by molar-refractivity contribution is 0.282. The Morgan fingerprint density at radius 3 is 1.88 bits per heavy atom. The van der Waals surface area contributed by atoms with E-state index in [4.69, 9.17) is 5.11 Å². The molecule has 0 saturated heterocycles. The second kappa shape index (κ2) is 12.3. The molecule has 0 unspecified atom stereocenters. The Bertz CT molecular complexity index is 212. The van der Waals surface area contributed by atoms with Gasteiger partial charge in [-0.05, 0) is 13.3 Å². The van der Waals surface area contributed by atoms with Crippen LogP contribution in [0.4, 0.5) is 0 Å². The molecule has 1 aromatic carbocycles. The normalized spacial score (nSPS) is 9.44. The van der Waals surface area contributed by atoms with Gasteiger partial charge in [0, 0.05) is 6.61 Å². The molecule has 0 aromatic heterocycles. The maximum atomic E-state index is 8.42. The molecule has 0 amide bonds. The predicted molar refractivity (Wildman–Crippen MR) is 71.6 cm³/mol. The van der Waals surface area contributed by atoms with Crippen molar-refractivity contribution in [3.8, 4) is 0 Å². The number of hydrogen-bond donors (Lipinski definition) is 1. The van der Waals surface area contributed by atoms with E-state index in [-0.39, 0.29) is 0 Å². The average Bonchev–Trinajstić information content (AvgIpc) is 2.31. The van der Waals surface area contributed by atoms with Crippen molar-refractivity contribution in [2.75, 3.05) is 6.61 Å². The molecule has 0 aliphatic rings. The quantitative estimate of drug-likeness (QED) is 0.710. The van der Waals surface area contributed by atoms with Crippen molar-refractivity contribution in [3.63, 3.8) is 0 Å². The summed E-state index contributed by atoms with van der Waals surface area (Å²) in [6, 6.07) is 10.3. The molecule has 1 heteroatoms. The Hall–Kier alpha value is -0.820. The van der Waals surface area contributed by atoms with Crippen molar-refractivity contribution in [2.45, 2.75) is 52.4 Å². The van der Waals surface area contributed by atoms with Crippen LogP contribution in [0.3, 0.4) is 0 Å². The number of benzene rings is 1. The van der Waals surface area contributed by atoms with Gasteiger partial charge < -0.3 is 5.11 Å². The van der Waals surface area contributed by atoms with Crippen LogP contribution in [0.5, 0.6) is 0 Å². The molecular weight excluding hydrogens is 196 g/mol. The van der Waals surface area contributed by atoms with E-state index in [0.29, 0.717) is 6.61 Å². The topological polar surface area (TPSA) is 20.2 Å². The molecule has 0 fully saturated rings. The molecule has 92 valence electrons. The van der Waals surface area contributed by atoms with Crippen LogP contribution in [0.25, 0.3) is 0 Å². The van der Waals surface area contributed by atoms with Crippen molar-refractivity contribution < 1.29 is 5.11 Å². The SMILES string of the molecule is CCCCCCCCO.Cc1ccccc1. The molecule has 1 N–H and O–H groups in total. The Kier molecular flexibility index (Phi) is 11.6. The van der Waals surface area contributed by atoms with E-state index < -0.39 is 0 Å². The third-order valence-electron chi connectivity index (χ3n) is 2.45. The zero-order valence-electron chi connectivity index (χ0n) is 10.8. The highest BCUT2D eigenvalue weighted by Crippen LogP contribution is 2.03. The smallest absolute Gasteiger partial charge is 0.0431 e. The monoisotopic (exact) mass is 222 g/mol. The highest BCUT2D eigenvalue weighted by Gasteiger charge is 1.86. The van der Waals surface area contributed by atoms with Gasteiger partial charge in [0.15, 0.2) is 0 Å². The summed E-state index contributed by atoms with van der Waals surface area (Å²) in [5.41, 5.74) is 1.32.